The highest BCUT2D eigenvalue weighted by Gasteiger charge is 2.16. The van der Waals surface area contributed by atoms with Crippen LogP contribution in [0.4, 0.5) is 15.9 Å². The van der Waals surface area contributed by atoms with Gasteiger partial charge in [0.15, 0.2) is 5.82 Å². The Balaban J connectivity index is 1.90. The van der Waals surface area contributed by atoms with Crippen molar-refractivity contribution in [3.8, 4) is 17.3 Å². The van der Waals surface area contributed by atoms with E-state index in [1.54, 1.807) is 42.5 Å². The highest BCUT2D eigenvalue weighted by atomic mass is 32.2. The van der Waals surface area contributed by atoms with E-state index in [2.05, 4.69) is 21.1 Å². The first-order chi connectivity index (χ1) is 16.3. The number of amides is 1. The van der Waals surface area contributed by atoms with Gasteiger partial charge in [-0.05, 0) is 42.3 Å². The second-order valence-corrected chi connectivity index (χ2v) is 9.33. The van der Waals surface area contributed by atoms with E-state index < -0.39 is 10.0 Å². The van der Waals surface area contributed by atoms with Gasteiger partial charge in [0.05, 0.1) is 29.3 Å². The minimum Gasteiger partial charge on any atom is -0.368 e. The molecule has 1 heterocycles. The number of aromatic nitrogens is 1. The Morgan fingerprint density at radius 2 is 1.91 bits per heavy atom. The number of anilines is 2. The molecule has 0 radical (unpaired) electrons. The van der Waals surface area contributed by atoms with Crippen LogP contribution in [0.25, 0.3) is 11.3 Å². The van der Waals surface area contributed by atoms with E-state index in [0.717, 1.165) is 11.8 Å². The maximum absolute atomic E-state index is 13.5. The van der Waals surface area contributed by atoms with Gasteiger partial charge in [0.25, 0.3) is 0 Å². The minimum absolute atomic E-state index is 0.0271. The van der Waals surface area contributed by atoms with Gasteiger partial charge in [0.1, 0.15) is 5.82 Å². The lowest BCUT2D eigenvalue weighted by Crippen LogP contribution is -2.34. The van der Waals surface area contributed by atoms with E-state index in [1.165, 1.54) is 17.0 Å². The first-order valence-electron chi connectivity index (χ1n) is 10.5. The van der Waals surface area contributed by atoms with Crippen molar-refractivity contribution < 1.29 is 17.6 Å². The van der Waals surface area contributed by atoms with Gasteiger partial charge in [-0.2, -0.15) is 5.26 Å². The van der Waals surface area contributed by atoms with Crippen molar-refractivity contribution in [2.45, 2.75) is 6.42 Å². The van der Waals surface area contributed by atoms with Crippen LogP contribution >= 0.6 is 0 Å². The number of sulfonamides is 1. The zero-order valence-electron chi connectivity index (χ0n) is 18.5. The molecule has 3 rings (SSSR count). The van der Waals surface area contributed by atoms with Crippen LogP contribution < -0.4 is 14.9 Å². The third kappa shape index (κ3) is 6.84. The number of carbonyl (C=O) groups is 1. The Kier molecular flexibility index (Phi) is 8.29. The number of halogens is 1. The molecule has 0 saturated heterocycles. The maximum Gasteiger partial charge on any atom is 0.214 e. The van der Waals surface area contributed by atoms with E-state index in [1.807, 2.05) is 6.07 Å². The summed E-state index contributed by atoms with van der Waals surface area (Å²) in [4.78, 5) is 17.8. The largest absolute Gasteiger partial charge is 0.368 e. The standard InChI is InChI=1S/C24H24FN5O3S/c1-34(32,33)28-13-14-30(17-31)23-10-9-22(21-8-3-2-6-19(21)16-26)29-24(23)27-12-11-18-5-4-7-20(25)15-18/h2-10,15,17,28H,11-14H2,1H3,(H,27,29). The first kappa shape index (κ1) is 24.8. The summed E-state index contributed by atoms with van der Waals surface area (Å²) in [5.41, 5.74) is 2.88. The smallest absolute Gasteiger partial charge is 0.214 e. The molecule has 34 heavy (non-hydrogen) atoms. The minimum atomic E-state index is -3.40. The number of carbonyl (C=O) groups excluding carboxylic acids is 1. The predicted octanol–water partition coefficient (Wildman–Crippen LogP) is 2.93. The number of rotatable bonds is 11. The predicted molar refractivity (Wildman–Crippen MR) is 129 cm³/mol. The van der Waals surface area contributed by atoms with Crippen LogP contribution in [0, 0.1) is 17.1 Å². The normalized spacial score (nSPS) is 11.0. The number of pyridine rings is 1. The van der Waals surface area contributed by atoms with Crippen LogP contribution in [0.15, 0.2) is 60.7 Å². The van der Waals surface area contributed by atoms with Crippen molar-refractivity contribution >= 4 is 27.9 Å². The molecule has 8 nitrogen and oxygen atoms in total. The second-order valence-electron chi connectivity index (χ2n) is 7.49. The third-order valence-electron chi connectivity index (χ3n) is 4.95. The van der Waals surface area contributed by atoms with Gasteiger partial charge in [-0.15, -0.1) is 0 Å². The Labute approximate surface area is 198 Å². The fourth-order valence-corrected chi connectivity index (χ4v) is 3.83. The molecule has 0 atom stereocenters. The van der Waals surface area contributed by atoms with Gasteiger partial charge < -0.3 is 10.2 Å². The molecule has 2 aromatic carbocycles. The van der Waals surface area contributed by atoms with Gasteiger partial charge in [-0.1, -0.05) is 30.3 Å². The number of nitrogens with one attached hydrogen (secondary N) is 2. The second kappa shape index (κ2) is 11.4. The molecule has 0 saturated carbocycles. The Hall–Kier alpha value is -3.81. The van der Waals surface area contributed by atoms with Gasteiger partial charge in [-0.3, -0.25) is 4.79 Å². The van der Waals surface area contributed by atoms with Crippen molar-refractivity contribution in [3.05, 3.63) is 77.6 Å². The fraction of sp³-hybridized carbons (Fsp3) is 0.208. The highest BCUT2D eigenvalue weighted by molar-refractivity contribution is 7.88. The van der Waals surface area contributed by atoms with Crippen molar-refractivity contribution in [1.29, 1.82) is 5.26 Å². The van der Waals surface area contributed by atoms with E-state index >= 15 is 0 Å². The van der Waals surface area contributed by atoms with E-state index in [4.69, 9.17) is 0 Å². The topological polar surface area (TPSA) is 115 Å². The quantitative estimate of drug-likeness (QED) is 0.407. The molecular weight excluding hydrogens is 457 g/mol. The zero-order valence-corrected chi connectivity index (χ0v) is 19.3. The number of hydrogen-bond acceptors (Lipinski definition) is 6. The third-order valence-corrected chi connectivity index (χ3v) is 5.67. The molecule has 1 aromatic heterocycles. The van der Waals surface area contributed by atoms with Crippen LogP contribution in [0.5, 0.6) is 0 Å². The molecule has 2 N–H and O–H groups in total. The van der Waals surface area contributed by atoms with Crippen LogP contribution in [-0.4, -0.2) is 45.7 Å². The van der Waals surface area contributed by atoms with E-state index in [9.17, 15) is 22.9 Å². The number of benzene rings is 2. The summed E-state index contributed by atoms with van der Waals surface area (Å²) in [5.74, 6) is 0.0602. The molecule has 0 aliphatic heterocycles. The molecule has 1 amide bonds. The molecule has 3 aromatic rings. The lowest BCUT2D eigenvalue weighted by molar-refractivity contribution is -0.107. The summed E-state index contributed by atoms with van der Waals surface area (Å²) in [6, 6.07) is 18.8. The number of nitrogens with zero attached hydrogens (tertiary/aromatic N) is 3. The van der Waals surface area contributed by atoms with E-state index in [-0.39, 0.29) is 18.9 Å². The summed E-state index contributed by atoms with van der Waals surface area (Å²) >= 11 is 0. The summed E-state index contributed by atoms with van der Waals surface area (Å²) < 4.78 is 38.6. The molecule has 0 aliphatic carbocycles. The van der Waals surface area contributed by atoms with Gasteiger partial charge in [-0.25, -0.2) is 22.5 Å². The average molecular weight is 482 g/mol. The van der Waals surface area contributed by atoms with Gasteiger partial charge in [0, 0.05) is 25.2 Å². The molecule has 10 heteroatoms. The van der Waals surface area contributed by atoms with Gasteiger partial charge in [0.2, 0.25) is 16.4 Å². The zero-order chi connectivity index (χ0) is 24.6. The maximum atomic E-state index is 13.5. The molecule has 0 unspecified atom stereocenters. The van der Waals surface area contributed by atoms with Crippen LogP contribution in [-0.2, 0) is 21.2 Å². The lowest BCUT2D eigenvalue weighted by Gasteiger charge is -2.22. The summed E-state index contributed by atoms with van der Waals surface area (Å²) in [7, 11) is -3.40. The van der Waals surface area contributed by atoms with Crippen LogP contribution in [0.2, 0.25) is 0 Å². The highest BCUT2D eigenvalue weighted by Crippen LogP contribution is 2.29. The van der Waals surface area contributed by atoms with Crippen molar-refractivity contribution in [2.24, 2.45) is 0 Å². The van der Waals surface area contributed by atoms with Crippen LogP contribution in [0.3, 0.4) is 0 Å². The van der Waals surface area contributed by atoms with Crippen LogP contribution in [0.1, 0.15) is 11.1 Å². The molecule has 176 valence electrons. The molecular formula is C24H24FN5O3S. The average Bonchev–Trinajstić information content (AvgIpc) is 2.81. The summed E-state index contributed by atoms with van der Waals surface area (Å²) in [6.07, 6.45) is 2.15. The van der Waals surface area contributed by atoms with Gasteiger partial charge >= 0.3 is 0 Å². The fourth-order valence-electron chi connectivity index (χ4n) is 3.37. The summed E-state index contributed by atoms with van der Waals surface area (Å²) in [5, 5.41) is 12.6. The Morgan fingerprint density at radius 1 is 1.12 bits per heavy atom. The molecule has 0 aliphatic rings. The summed E-state index contributed by atoms with van der Waals surface area (Å²) in [6.45, 7) is 0.519. The monoisotopic (exact) mass is 481 g/mol. The van der Waals surface area contributed by atoms with Crippen molar-refractivity contribution in [1.82, 2.24) is 9.71 Å². The van der Waals surface area contributed by atoms with E-state index in [0.29, 0.717) is 47.7 Å². The number of nitriles is 1. The first-order valence-corrected chi connectivity index (χ1v) is 12.4. The molecule has 0 spiro atoms. The Morgan fingerprint density at radius 3 is 2.62 bits per heavy atom. The number of hydrogen-bond donors (Lipinski definition) is 2. The van der Waals surface area contributed by atoms with Crippen molar-refractivity contribution in [3.63, 3.8) is 0 Å². The molecule has 0 fully saturated rings. The van der Waals surface area contributed by atoms with Crippen molar-refractivity contribution in [2.75, 3.05) is 36.1 Å². The lowest BCUT2D eigenvalue weighted by atomic mass is 10.0. The SMILES string of the molecule is CS(=O)(=O)NCCN(C=O)c1ccc(-c2ccccc2C#N)nc1NCCc1cccc(F)c1. The Bertz CT molecular complexity index is 1310. The molecule has 0 bridgehead atoms.